The normalized spacial score (nSPS) is 18.7. The molecule has 202 valence electrons. The number of hydrogen-bond donors (Lipinski definition) is 6. The van der Waals surface area contributed by atoms with Gasteiger partial charge in [-0.05, 0) is 56.2 Å². The van der Waals surface area contributed by atoms with Gasteiger partial charge < -0.3 is 36.5 Å². The molecule has 3 rings (SSSR count). The number of aromatic amines is 1. The molecule has 37 heavy (non-hydrogen) atoms. The summed E-state index contributed by atoms with van der Waals surface area (Å²) in [7, 11) is 0. The van der Waals surface area contributed by atoms with Gasteiger partial charge in [0, 0.05) is 23.6 Å². The second-order valence-electron chi connectivity index (χ2n) is 9.27. The van der Waals surface area contributed by atoms with Gasteiger partial charge in [0.1, 0.15) is 18.1 Å². The average Bonchev–Trinajstić information content (AvgIpc) is 3.51. The molecule has 1 aliphatic rings. The molecule has 0 spiro atoms. The summed E-state index contributed by atoms with van der Waals surface area (Å²) in [5.41, 5.74) is 8.11. The Morgan fingerprint density at radius 1 is 1.24 bits per heavy atom. The van der Waals surface area contributed by atoms with Crippen LogP contribution in [0, 0.1) is 0 Å². The van der Waals surface area contributed by atoms with E-state index >= 15 is 0 Å². The van der Waals surface area contributed by atoms with Crippen LogP contribution in [-0.4, -0.2) is 92.6 Å². The third kappa shape index (κ3) is 7.02. The first-order chi connectivity index (χ1) is 17.6. The fourth-order valence-corrected chi connectivity index (χ4v) is 5.02. The predicted octanol–water partition coefficient (Wildman–Crippen LogP) is 0.217. The molecule has 5 unspecified atom stereocenters. The van der Waals surface area contributed by atoms with Crippen molar-refractivity contribution in [3.8, 4) is 0 Å². The number of likely N-dealkylation sites (tertiary alicyclic amines) is 1. The van der Waals surface area contributed by atoms with E-state index < -0.39 is 48.1 Å². The Morgan fingerprint density at radius 3 is 2.65 bits per heavy atom. The third-order valence-corrected chi connectivity index (χ3v) is 7.20. The van der Waals surface area contributed by atoms with Gasteiger partial charge in [0.25, 0.3) is 0 Å². The van der Waals surface area contributed by atoms with E-state index in [2.05, 4.69) is 15.6 Å². The molecule has 7 N–H and O–H groups in total. The Hall–Kier alpha value is -3.09. The number of aliphatic hydroxyl groups is 1. The highest BCUT2D eigenvalue weighted by molar-refractivity contribution is 7.98. The van der Waals surface area contributed by atoms with Crippen molar-refractivity contribution in [1.29, 1.82) is 0 Å². The number of carbonyl (C=O) groups is 4. The quantitative estimate of drug-likeness (QED) is 0.224. The zero-order chi connectivity index (χ0) is 27.1. The fraction of sp³-hybridized carbons (Fsp3) is 0.520. The summed E-state index contributed by atoms with van der Waals surface area (Å²) in [6.45, 7) is 1.68. The van der Waals surface area contributed by atoms with Gasteiger partial charge >= 0.3 is 5.97 Å². The molecular weight excluding hydrogens is 498 g/mol. The molecule has 12 heteroatoms. The average molecular weight is 534 g/mol. The number of nitrogens with one attached hydrogen (secondary N) is 3. The van der Waals surface area contributed by atoms with Crippen molar-refractivity contribution in [3.05, 3.63) is 36.0 Å². The van der Waals surface area contributed by atoms with Crippen LogP contribution in [0.1, 0.15) is 31.7 Å². The lowest BCUT2D eigenvalue weighted by Gasteiger charge is -2.29. The molecule has 1 aromatic heterocycles. The van der Waals surface area contributed by atoms with Crippen molar-refractivity contribution in [2.45, 2.75) is 62.9 Å². The number of aromatic nitrogens is 1. The standard InChI is InChI=1S/C25H35N5O6S/c1-14(31)21(23(33)28-19(25(35)36)9-11-37-2)29-22(32)20-8-5-10-30(20)24(34)17(26)12-15-13-27-18-7-4-3-6-16(15)18/h3-4,6-7,13-14,17,19-21,27,31H,5,8-12,26H2,1-2H3,(H,28,33)(H,29,32)(H,35,36). The molecule has 0 bridgehead atoms. The summed E-state index contributed by atoms with van der Waals surface area (Å²) in [6.07, 6.45) is 3.82. The summed E-state index contributed by atoms with van der Waals surface area (Å²) < 4.78 is 0. The number of thioether (sulfide) groups is 1. The number of fused-ring (bicyclic) bond motifs is 1. The molecule has 5 atom stereocenters. The van der Waals surface area contributed by atoms with E-state index in [1.807, 2.05) is 36.7 Å². The lowest BCUT2D eigenvalue weighted by molar-refractivity contribution is -0.144. The molecule has 2 heterocycles. The minimum Gasteiger partial charge on any atom is -0.480 e. The Morgan fingerprint density at radius 2 is 1.97 bits per heavy atom. The molecule has 1 fully saturated rings. The van der Waals surface area contributed by atoms with E-state index in [1.54, 1.807) is 0 Å². The number of aliphatic hydroxyl groups excluding tert-OH is 1. The van der Waals surface area contributed by atoms with Crippen LogP contribution in [0.2, 0.25) is 0 Å². The van der Waals surface area contributed by atoms with Crippen molar-refractivity contribution in [2.75, 3.05) is 18.6 Å². The number of para-hydroxylation sites is 1. The summed E-state index contributed by atoms with van der Waals surface area (Å²) >= 11 is 1.44. The molecule has 0 radical (unpaired) electrons. The van der Waals surface area contributed by atoms with Crippen molar-refractivity contribution < 1.29 is 29.4 Å². The minimum absolute atomic E-state index is 0.196. The van der Waals surface area contributed by atoms with Crippen LogP contribution < -0.4 is 16.4 Å². The van der Waals surface area contributed by atoms with Crippen LogP contribution in [-0.2, 0) is 25.6 Å². The van der Waals surface area contributed by atoms with E-state index in [0.717, 1.165) is 16.5 Å². The molecule has 1 saturated heterocycles. The second kappa shape index (κ2) is 12.9. The largest absolute Gasteiger partial charge is 0.480 e. The topological polar surface area (TPSA) is 178 Å². The zero-order valence-corrected chi connectivity index (χ0v) is 21.8. The summed E-state index contributed by atoms with van der Waals surface area (Å²) in [4.78, 5) is 55.2. The molecule has 0 aliphatic carbocycles. The summed E-state index contributed by atoms with van der Waals surface area (Å²) in [6, 6.07) is 3.47. The van der Waals surface area contributed by atoms with Crippen molar-refractivity contribution in [2.24, 2.45) is 5.73 Å². The molecule has 11 nitrogen and oxygen atoms in total. The zero-order valence-electron chi connectivity index (χ0n) is 21.0. The van der Waals surface area contributed by atoms with Crippen LogP contribution >= 0.6 is 11.8 Å². The van der Waals surface area contributed by atoms with Crippen LogP contribution in [0.4, 0.5) is 0 Å². The Balaban J connectivity index is 1.65. The fourth-order valence-electron chi connectivity index (χ4n) is 4.55. The number of carbonyl (C=O) groups excluding carboxylic acids is 3. The van der Waals surface area contributed by atoms with Crippen LogP contribution in [0.3, 0.4) is 0 Å². The number of aliphatic carboxylic acids is 1. The van der Waals surface area contributed by atoms with Gasteiger partial charge in [0.15, 0.2) is 0 Å². The number of carboxylic acid groups (broad SMARTS) is 1. The lowest BCUT2D eigenvalue weighted by atomic mass is 10.0. The lowest BCUT2D eigenvalue weighted by Crippen LogP contribution is -2.59. The third-order valence-electron chi connectivity index (χ3n) is 6.56. The predicted molar refractivity (Wildman–Crippen MR) is 141 cm³/mol. The summed E-state index contributed by atoms with van der Waals surface area (Å²) in [5, 5.41) is 25.4. The SMILES string of the molecule is CSCCC(NC(=O)C(NC(=O)C1CCCN1C(=O)C(N)Cc1c[nH]c2ccccc12)C(C)O)C(=O)O. The molecule has 3 amide bonds. The van der Waals surface area contributed by atoms with Gasteiger partial charge in [-0.3, -0.25) is 14.4 Å². The van der Waals surface area contributed by atoms with Crippen molar-refractivity contribution in [3.63, 3.8) is 0 Å². The van der Waals surface area contributed by atoms with Gasteiger partial charge in [-0.1, -0.05) is 18.2 Å². The molecular formula is C25H35N5O6S. The number of rotatable bonds is 12. The first kappa shape index (κ1) is 28.5. The van der Waals surface area contributed by atoms with E-state index in [1.165, 1.54) is 23.6 Å². The number of benzene rings is 1. The van der Waals surface area contributed by atoms with Gasteiger partial charge in [0.05, 0.1) is 12.1 Å². The van der Waals surface area contributed by atoms with Crippen LogP contribution in [0.25, 0.3) is 10.9 Å². The molecule has 1 aromatic carbocycles. The van der Waals surface area contributed by atoms with Gasteiger partial charge in [-0.15, -0.1) is 0 Å². The highest BCUT2D eigenvalue weighted by Gasteiger charge is 2.39. The number of H-pyrrole nitrogens is 1. The van der Waals surface area contributed by atoms with Crippen molar-refractivity contribution >= 4 is 46.4 Å². The van der Waals surface area contributed by atoms with Gasteiger partial charge in [-0.25, -0.2) is 4.79 Å². The number of nitrogens with zero attached hydrogens (tertiary/aromatic N) is 1. The highest BCUT2D eigenvalue weighted by Crippen LogP contribution is 2.22. The van der Waals surface area contributed by atoms with Gasteiger partial charge in [0.2, 0.25) is 17.7 Å². The first-order valence-electron chi connectivity index (χ1n) is 12.3. The summed E-state index contributed by atoms with van der Waals surface area (Å²) in [5.74, 6) is -2.45. The van der Waals surface area contributed by atoms with E-state index in [-0.39, 0.29) is 12.3 Å². The minimum atomic E-state index is -1.37. The molecule has 2 aromatic rings. The van der Waals surface area contributed by atoms with Crippen molar-refractivity contribution in [1.82, 2.24) is 20.5 Å². The van der Waals surface area contributed by atoms with Gasteiger partial charge in [-0.2, -0.15) is 11.8 Å². The maximum Gasteiger partial charge on any atom is 0.326 e. The number of amides is 3. The first-order valence-corrected chi connectivity index (χ1v) is 13.6. The van der Waals surface area contributed by atoms with E-state index in [9.17, 15) is 29.4 Å². The smallest absolute Gasteiger partial charge is 0.326 e. The molecule has 1 aliphatic heterocycles. The number of nitrogens with two attached hydrogens (primary N) is 1. The highest BCUT2D eigenvalue weighted by atomic mass is 32.2. The number of hydrogen-bond acceptors (Lipinski definition) is 7. The Kier molecular flexibility index (Phi) is 9.95. The Labute approximate surface area is 219 Å². The maximum absolute atomic E-state index is 13.2. The number of carboxylic acids is 1. The van der Waals surface area contributed by atoms with Crippen LogP contribution in [0.15, 0.2) is 30.5 Å². The van der Waals surface area contributed by atoms with Crippen LogP contribution in [0.5, 0.6) is 0 Å². The second-order valence-corrected chi connectivity index (χ2v) is 10.3. The maximum atomic E-state index is 13.2. The van der Waals surface area contributed by atoms with E-state index in [4.69, 9.17) is 5.73 Å². The van der Waals surface area contributed by atoms with E-state index in [0.29, 0.717) is 31.6 Å². The monoisotopic (exact) mass is 533 g/mol. The Bertz CT molecular complexity index is 1120. The molecule has 0 saturated carbocycles.